The van der Waals surface area contributed by atoms with Gasteiger partial charge in [-0.1, -0.05) is 99.1 Å². The maximum absolute atomic E-state index is 11.9. The largest absolute Gasteiger partial charge is 0.487 e. The van der Waals surface area contributed by atoms with Gasteiger partial charge in [0.25, 0.3) is 0 Å². The number of alkyl halides is 1. The molecule has 1 heterocycles. The minimum absolute atomic E-state index is 0. The third-order valence-corrected chi connectivity index (χ3v) is 10.5. The zero-order valence-electron chi connectivity index (χ0n) is 30.1. The van der Waals surface area contributed by atoms with Crippen LogP contribution in [0, 0.1) is 38.5 Å². The molecule has 0 bridgehead atoms. The summed E-state index contributed by atoms with van der Waals surface area (Å²) in [6.45, 7) is 24.4. The van der Waals surface area contributed by atoms with Crippen molar-refractivity contribution < 1.29 is 27.7 Å². The van der Waals surface area contributed by atoms with Gasteiger partial charge in [0.2, 0.25) is 0 Å². The van der Waals surface area contributed by atoms with Crippen LogP contribution in [0.1, 0.15) is 136 Å². The van der Waals surface area contributed by atoms with Gasteiger partial charge >= 0.3 is 0 Å². The molecular weight excluding hydrogens is 638 g/mol. The van der Waals surface area contributed by atoms with Crippen LogP contribution in [-0.4, -0.2) is 45.1 Å². The van der Waals surface area contributed by atoms with E-state index in [0.717, 1.165) is 65.2 Å². The van der Waals surface area contributed by atoms with E-state index < -0.39 is 14.7 Å². The SMILES string of the molecule is C.C.CP(C)(=O)OCCl.Cc1c(C)c2c(c(C)c1OCOP(C)(C)=O)CCC(C)(CCCC(C)CCCC(C)CCCC(C)C)O2. The number of rotatable bonds is 18. The van der Waals surface area contributed by atoms with Crippen molar-refractivity contribution in [2.24, 2.45) is 17.8 Å². The smallest absolute Gasteiger partial charge is 0.200 e. The van der Waals surface area contributed by atoms with Crippen molar-refractivity contribution >= 4 is 26.3 Å². The Morgan fingerprint density at radius 2 is 1.28 bits per heavy atom. The van der Waals surface area contributed by atoms with Crippen LogP contribution >= 0.6 is 26.3 Å². The Kier molecular flexibility index (Phi) is 23.0. The number of halogens is 1. The molecule has 274 valence electrons. The second kappa shape index (κ2) is 22.3. The van der Waals surface area contributed by atoms with Crippen LogP contribution in [0.4, 0.5) is 0 Å². The zero-order chi connectivity index (χ0) is 33.7. The molecule has 0 amide bonds. The van der Waals surface area contributed by atoms with Gasteiger partial charge in [-0.25, -0.2) is 0 Å². The van der Waals surface area contributed by atoms with Crippen molar-refractivity contribution in [2.75, 3.05) is 39.5 Å². The Hall–Kier alpha value is -0.510. The van der Waals surface area contributed by atoms with Gasteiger partial charge in [-0.05, 0) is 87.8 Å². The minimum atomic E-state index is -2.57. The normalized spacial score (nSPS) is 17.4. The molecule has 1 aromatic rings. The van der Waals surface area contributed by atoms with Gasteiger partial charge in [0.15, 0.2) is 21.5 Å². The first-order valence-corrected chi connectivity index (χ1v) is 22.2. The van der Waals surface area contributed by atoms with Crippen LogP contribution in [0.3, 0.4) is 0 Å². The molecule has 6 nitrogen and oxygen atoms in total. The summed E-state index contributed by atoms with van der Waals surface area (Å²) in [5.74, 6) is 4.39. The van der Waals surface area contributed by atoms with Gasteiger partial charge in [-0.2, -0.15) is 0 Å². The molecule has 0 aliphatic carbocycles. The number of fused-ring (bicyclic) bond motifs is 1. The van der Waals surface area contributed by atoms with E-state index >= 15 is 0 Å². The summed E-state index contributed by atoms with van der Waals surface area (Å²) < 4.78 is 45.0. The molecule has 0 saturated carbocycles. The summed E-state index contributed by atoms with van der Waals surface area (Å²) in [6.07, 6.45) is 13.9. The highest BCUT2D eigenvalue weighted by molar-refractivity contribution is 7.57. The molecule has 0 radical (unpaired) electrons. The lowest BCUT2D eigenvalue weighted by atomic mass is 9.83. The molecule has 0 aromatic heterocycles. The van der Waals surface area contributed by atoms with Crippen molar-refractivity contribution in [1.29, 1.82) is 0 Å². The highest BCUT2D eigenvalue weighted by Gasteiger charge is 2.34. The van der Waals surface area contributed by atoms with E-state index in [1.165, 1.54) is 70.3 Å². The first-order chi connectivity index (χ1) is 20.3. The van der Waals surface area contributed by atoms with Crippen LogP contribution in [0.15, 0.2) is 0 Å². The molecule has 3 unspecified atom stereocenters. The van der Waals surface area contributed by atoms with Crippen molar-refractivity contribution in [1.82, 2.24) is 0 Å². The quantitative estimate of drug-likeness (QED) is 0.0858. The standard InChI is InChI=1S/C32H57O4P.C3H8ClO2P.2CH4/c1-23(2)14-11-15-24(3)16-12-17-25(4)18-13-20-32(8)21-19-29-28(7)30(34-22-35-37(9,10)33)26(5)27(6)31(29)36-32;1-7(2,5)6-3-4;;/h23-25H,11-22H2,1-10H3;3H2,1-2H3;2*1H4. The lowest BCUT2D eigenvalue weighted by molar-refractivity contribution is 0.0507. The van der Waals surface area contributed by atoms with Gasteiger partial charge in [0.1, 0.15) is 23.2 Å². The first-order valence-electron chi connectivity index (χ1n) is 16.7. The fraction of sp³-hybridized carbons (Fsp3) is 0.838. The Labute approximate surface area is 290 Å². The van der Waals surface area contributed by atoms with E-state index in [2.05, 4.69) is 59.9 Å². The predicted molar refractivity (Wildman–Crippen MR) is 203 cm³/mol. The molecule has 3 atom stereocenters. The molecular formula is C37H73ClO6P2. The number of hydrogen-bond donors (Lipinski definition) is 0. The van der Waals surface area contributed by atoms with Crippen LogP contribution in [0.2, 0.25) is 0 Å². The lowest BCUT2D eigenvalue weighted by Crippen LogP contribution is -2.37. The highest BCUT2D eigenvalue weighted by Crippen LogP contribution is 2.45. The van der Waals surface area contributed by atoms with Crippen LogP contribution in [0.25, 0.3) is 0 Å². The van der Waals surface area contributed by atoms with E-state index in [0.29, 0.717) is 0 Å². The monoisotopic (exact) mass is 710 g/mol. The molecule has 1 aromatic carbocycles. The Morgan fingerprint density at radius 3 is 1.74 bits per heavy atom. The van der Waals surface area contributed by atoms with Gasteiger partial charge in [-0.3, -0.25) is 13.7 Å². The fourth-order valence-corrected chi connectivity index (χ4v) is 7.05. The first kappa shape index (κ1) is 47.6. The van der Waals surface area contributed by atoms with E-state index in [4.69, 9.17) is 25.6 Å². The van der Waals surface area contributed by atoms with E-state index in [9.17, 15) is 9.13 Å². The fourth-order valence-electron chi connectivity index (χ4n) is 5.81. The van der Waals surface area contributed by atoms with Crippen molar-refractivity contribution in [3.8, 4) is 11.5 Å². The van der Waals surface area contributed by atoms with Crippen LogP contribution in [-0.2, 0) is 24.6 Å². The summed E-state index contributed by atoms with van der Waals surface area (Å²) in [4.78, 5) is 0. The van der Waals surface area contributed by atoms with E-state index in [1.807, 2.05) is 0 Å². The Balaban J connectivity index is 0. The number of ether oxygens (including phenoxy) is 2. The molecule has 1 aliphatic rings. The molecule has 0 fully saturated rings. The topological polar surface area (TPSA) is 71.1 Å². The van der Waals surface area contributed by atoms with Gasteiger partial charge < -0.3 is 14.0 Å². The maximum Gasteiger partial charge on any atom is 0.200 e. The predicted octanol–water partition coefficient (Wildman–Crippen LogP) is 13.0. The number of benzene rings is 1. The van der Waals surface area contributed by atoms with Crippen molar-refractivity contribution in [3.05, 3.63) is 22.3 Å². The summed E-state index contributed by atoms with van der Waals surface area (Å²) in [5, 5.41) is 0. The maximum atomic E-state index is 11.9. The zero-order valence-corrected chi connectivity index (χ0v) is 32.7. The van der Waals surface area contributed by atoms with E-state index in [-0.39, 0.29) is 33.3 Å². The Morgan fingerprint density at radius 1 is 0.783 bits per heavy atom. The Bertz CT molecular complexity index is 1100. The lowest BCUT2D eigenvalue weighted by Gasteiger charge is -2.38. The van der Waals surface area contributed by atoms with Crippen LogP contribution in [0.5, 0.6) is 11.5 Å². The second-order valence-electron chi connectivity index (χ2n) is 14.6. The highest BCUT2D eigenvalue weighted by atomic mass is 35.5. The average molecular weight is 711 g/mol. The van der Waals surface area contributed by atoms with Gasteiger partial charge in [0, 0.05) is 32.2 Å². The summed E-state index contributed by atoms with van der Waals surface area (Å²) in [6, 6.07) is 0.0181. The molecule has 2 rings (SSSR count). The third-order valence-electron chi connectivity index (χ3n) is 8.76. The van der Waals surface area contributed by atoms with Gasteiger partial charge in [-0.15, -0.1) is 0 Å². The molecule has 46 heavy (non-hydrogen) atoms. The van der Waals surface area contributed by atoms with Gasteiger partial charge in [0.05, 0.1) is 0 Å². The minimum Gasteiger partial charge on any atom is -0.487 e. The molecule has 0 N–H and O–H groups in total. The molecule has 1 aliphatic heterocycles. The molecule has 0 saturated heterocycles. The third kappa shape index (κ3) is 18.9. The number of hydrogen-bond acceptors (Lipinski definition) is 6. The summed E-state index contributed by atoms with van der Waals surface area (Å²) in [5.41, 5.74) is 4.50. The van der Waals surface area contributed by atoms with Crippen molar-refractivity contribution in [3.63, 3.8) is 0 Å². The summed E-state index contributed by atoms with van der Waals surface area (Å²) >= 11 is 5.09. The average Bonchev–Trinajstić information content (AvgIpc) is 2.88. The van der Waals surface area contributed by atoms with Crippen LogP contribution < -0.4 is 9.47 Å². The second-order valence-corrected chi connectivity index (χ2v) is 20.3. The molecule has 0 spiro atoms. The van der Waals surface area contributed by atoms with Crippen molar-refractivity contribution in [2.45, 2.75) is 146 Å². The molecule has 9 heteroatoms. The van der Waals surface area contributed by atoms with E-state index in [1.54, 1.807) is 13.3 Å². The summed E-state index contributed by atoms with van der Waals surface area (Å²) in [7, 11) is -4.87.